The molecule has 1 saturated heterocycles. The van der Waals surface area contributed by atoms with Gasteiger partial charge in [-0.15, -0.1) is 0 Å². The first-order chi connectivity index (χ1) is 16.4. The van der Waals surface area contributed by atoms with Crippen LogP contribution in [0.4, 0.5) is 5.69 Å². The summed E-state index contributed by atoms with van der Waals surface area (Å²) in [7, 11) is 0. The molecule has 0 unspecified atom stereocenters. The first-order valence-corrected chi connectivity index (χ1v) is 10.8. The van der Waals surface area contributed by atoms with Crippen LogP contribution in [0.2, 0.25) is 0 Å². The highest BCUT2D eigenvalue weighted by Gasteiger charge is 2.50. The summed E-state index contributed by atoms with van der Waals surface area (Å²) in [5.41, 5.74) is 5.29. The smallest absolute Gasteiger partial charge is 0.338 e. The minimum Gasteiger partial charge on any atom is -0.452 e. The van der Waals surface area contributed by atoms with Crippen molar-refractivity contribution < 1.29 is 28.7 Å². The topological polar surface area (TPSA) is 122 Å². The number of carbonyl (C=O) groups excluding carboxylic acids is 5. The van der Waals surface area contributed by atoms with E-state index in [-0.39, 0.29) is 35.1 Å². The lowest BCUT2D eigenvalue weighted by Crippen LogP contribution is -2.43. The molecule has 1 aliphatic heterocycles. The molecule has 4 amide bonds. The van der Waals surface area contributed by atoms with Crippen LogP contribution in [0.3, 0.4) is 0 Å². The van der Waals surface area contributed by atoms with Gasteiger partial charge in [0.25, 0.3) is 11.8 Å². The second-order valence-electron chi connectivity index (χ2n) is 8.16. The Balaban J connectivity index is 1.30. The molecule has 3 atom stereocenters. The summed E-state index contributed by atoms with van der Waals surface area (Å²) in [5.74, 6) is -3.22. The van der Waals surface area contributed by atoms with Gasteiger partial charge in [0.1, 0.15) is 0 Å². The van der Waals surface area contributed by atoms with Crippen molar-refractivity contribution in [3.05, 3.63) is 77.9 Å². The molecule has 0 bridgehead atoms. The van der Waals surface area contributed by atoms with Crippen LogP contribution in [0.15, 0.2) is 66.7 Å². The number of fused-ring (bicyclic) bond motifs is 1. The van der Waals surface area contributed by atoms with Crippen LogP contribution in [0.25, 0.3) is 0 Å². The summed E-state index contributed by atoms with van der Waals surface area (Å²) in [4.78, 5) is 62.9. The average molecular weight is 461 g/mol. The Kier molecular flexibility index (Phi) is 6.53. The highest BCUT2D eigenvalue weighted by Crippen LogP contribution is 2.40. The number of hydrogen-bond donors (Lipinski definition) is 2. The normalized spacial score (nSPS) is 21.1. The maximum absolute atomic E-state index is 12.9. The van der Waals surface area contributed by atoms with Crippen LogP contribution in [0.1, 0.15) is 34.1 Å². The Hall–Kier alpha value is -4.27. The summed E-state index contributed by atoms with van der Waals surface area (Å²) in [6, 6.07) is 14.2. The Morgan fingerprint density at radius 2 is 1.65 bits per heavy atom. The summed E-state index contributed by atoms with van der Waals surface area (Å²) in [6.45, 7) is 1.32. The number of benzene rings is 2. The highest BCUT2D eigenvalue weighted by atomic mass is 16.5. The Labute approximate surface area is 195 Å². The van der Waals surface area contributed by atoms with Crippen molar-refractivity contribution in [2.45, 2.75) is 13.3 Å². The number of esters is 1. The molecule has 34 heavy (non-hydrogen) atoms. The van der Waals surface area contributed by atoms with Gasteiger partial charge < -0.3 is 4.74 Å². The Morgan fingerprint density at radius 3 is 2.32 bits per heavy atom. The molecular weight excluding hydrogens is 438 g/mol. The molecule has 2 N–H and O–H groups in total. The van der Waals surface area contributed by atoms with E-state index in [1.807, 2.05) is 19.1 Å². The van der Waals surface area contributed by atoms with E-state index in [2.05, 4.69) is 10.9 Å². The molecule has 0 saturated carbocycles. The van der Waals surface area contributed by atoms with Crippen molar-refractivity contribution in [3.63, 3.8) is 0 Å². The third kappa shape index (κ3) is 4.59. The van der Waals surface area contributed by atoms with Gasteiger partial charge in [-0.2, -0.15) is 0 Å². The van der Waals surface area contributed by atoms with E-state index in [1.165, 1.54) is 29.2 Å². The number of allylic oxidation sites excluding steroid dienone is 2. The molecule has 9 heteroatoms. The monoisotopic (exact) mass is 461 g/mol. The zero-order chi connectivity index (χ0) is 24.2. The number of imide groups is 1. The number of rotatable bonds is 5. The van der Waals surface area contributed by atoms with E-state index >= 15 is 0 Å². The molecule has 0 aromatic heterocycles. The minimum absolute atomic E-state index is 0.0157. The second-order valence-corrected chi connectivity index (χ2v) is 8.16. The Morgan fingerprint density at radius 1 is 0.941 bits per heavy atom. The quantitative estimate of drug-likeness (QED) is 0.304. The number of ether oxygens (including phenoxy) is 1. The number of nitrogens with one attached hydrogen (secondary N) is 2. The zero-order valence-corrected chi connectivity index (χ0v) is 18.4. The van der Waals surface area contributed by atoms with Crippen LogP contribution < -0.4 is 15.8 Å². The lowest BCUT2D eigenvalue weighted by Gasteiger charge is -2.22. The van der Waals surface area contributed by atoms with E-state index in [0.717, 1.165) is 0 Å². The van der Waals surface area contributed by atoms with Crippen molar-refractivity contribution in [1.29, 1.82) is 0 Å². The van der Waals surface area contributed by atoms with Gasteiger partial charge in [-0.1, -0.05) is 37.3 Å². The van der Waals surface area contributed by atoms with Crippen LogP contribution in [-0.2, 0) is 19.1 Å². The fourth-order valence-electron chi connectivity index (χ4n) is 4.19. The van der Waals surface area contributed by atoms with Gasteiger partial charge in [0, 0.05) is 5.56 Å². The number of nitrogens with zero attached hydrogens (tertiary/aromatic N) is 1. The van der Waals surface area contributed by atoms with Crippen molar-refractivity contribution in [1.82, 2.24) is 10.9 Å². The van der Waals surface area contributed by atoms with Crippen LogP contribution >= 0.6 is 0 Å². The van der Waals surface area contributed by atoms with Gasteiger partial charge in [0.05, 0.1) is 23.1 Å². The first kappa shape index (κ1) is 22.9. The van der Waals surface area contributed by atoms with Gasteiger partial charge in [0.15, 0.2) is 6.61 Å². The lowest BCUT2D eigenvalue weighted by atomic mass is 9.78. The van der Waals surface area contributed by atoms with Gasteiger partial charge in [-0.05, 0) is 48.7 Å². The van der Waals surface area contributed by atoms with Gasteiger partial charge in [0.2, 0.25) is 11.8 Å². The van der Waals surface area contributed by atoms with E-state index in [0.29, 0.717) is 17.7 Å². The van der Waals surface area contributed by atoms with Crippen molar-refractivity contribution in [2.75, 3.05) is 11.5 Å². The van der Waals surface area contributed by atoms with Crippen molar-refractivity contribution in [2.24, 2.45) is 17.8 Å². The maximum atomic E-state index is 12.9. The molecule has 0 radical (unpaired) electrons. The summed E-state index contributed by atoms with van der Waals surface area (Å²) >= 11 is 0. The zero-order valence-electron chi connectivity index (χ0n) is 18.4. The number of hydrogen-bond acceptors (Lipinski definition) is 6. The van der Waals surface area contributed by atoms with Crippen LogP contribution in [0.5, 0.6) is 0 Å². The molecule has 2 aromatic carbocycles. The molecule has 4 rings (SSSR count). The predicted octanol–water partition coefficient (Wildman–Crippen LogP) is 2.01. The van der Waals surface area contributed by atoms with E-state index < -0.39 is 24.4 Å². The summed E-state index contributed by atoms with van der Waals surface area (Å²) < 4.78 is 4.97. The number of amides is 4. The van der Waals surface area contributed by atoms with Gasteiger partial charge in [-0.25, -0.2) is 4.79 Å². The van der Waals surface area contributed by atoms with Crippen molar-refractivity contribution >= 4 is 35.3 Å². The molecule has 2 aliphatic rings. The molecule has 1 heterocycles. The second kappa shape index (κ2) is 9.70. The standard InChI is InChI=1S/C25H23N3O6/c1-15-6-5-9-19-21(15)24(32)28(23(19)31)18-12-10-17(11-13-18)25(33)34-14-20(29)26-27-22(30)16-7-3-2-4-8-16/h2-8,10-13,15,19,21H,9,14H2,1H3,(H,26,29)(H,27,30)/t15-,19-,21-/m1/s1. The number of carbonyl (C=O) groups is 5. The molecular formula is C25H23N3O6. The third-order valence-corrected chi connectivity index (χ3v) is 5.92. The van der Waals surface area contributed by atoms with E-state index in [1.54, 1.807) is 30.3 Å². The highest BCUT2D eigenvalue weighted by molar-refractivity contribution is 6.22. The summed E-state index contributed by atoms with van der Waals surface area (Å²) in [6.07, 6.45) is 4.43. The number of hydrazine groups is 1. The molecule has 174 valence electrons. The molecule has 2 aromatic rings. The fourth-order valence-corrected chi connectivity index (χ4v) is 4.19. The third-order valence-electron chi connectivity index (χ3n) is 5.92. The van der Waals surface area contributed by atoms with E-state index in [9.17, 15) is 24.0 Å². The van der Waals surface area contributed by atoms with E-state index in [4.69, 9.17) is 4.74 Å². The number of anilines is 1. The predicted molar refractivity (Wildman–Crippen MR) is 121 cm³/mol. The van der Waals surface area contributed by atoms with Crippen LogP contribution in [-0.4, -0.2) is 36.2 Å². The molecule has 9 nitrogen and oxygen atoms in total. The summed E-state index contributed by atoms with van der Waals surface area (Å²) in [5, 5.41) is 0. The SMILES string of the molecule is C[C@@H]1C=CC[C@H]2C(=O)N(c3ccc(C(=O)OCC(=O)NNC(=O)c4ccccc4)cc3)C(=O)[C@H]12. The van der Waals surface area contributed by atoms with Crippen LogP contribution in [0, 0.1) is 17.8 Å². The Bertz CT molecular complexity index is 1160. The van der Waals surface area contributed by atoms with Crippen molar-refractivity contribution in [3.8, 4) is 0 Å². The molecule has 0 spiro atoms. The minimum atomic E-state index is -0.762. The molecule has 1 fully saturated rings. The first-order valence-electron chi connectivity index (χ1n) is 10.8. The van der Waals surface area contributed by atoms with Gasteiger partial charge in [-0.3, -0.25) is 34.9 Å². The van der Waals surface area contributed by atoms with Gasteiger partial charge >= 0.3 is 5.97 Å². The largest absolute Gasteiger partial charge is 0.452 e. The molecule has 1 aliphatic carbocycles. The fraction of sp³-hybridized carbons (Fsp3) is 0.240. The average Bonchev–Trinajstić information content (AvgIpc) is 3.12. The maximum Gasteiger partial charge on any atom is 0.338 e. The lowest BCUT2D eigenvalue weighted by molar-refractivity contribution is -0.125.